The Morgan fingerprint density at radius 1 is 1.08 bits per heavy atom. The maximum absolute atomic E-state index is 12.2. The molecule has 1 aromatic heterocycles. The summed E-state index contributed by atoms with van der Waals surface area (Å²) in [7, 11) is 0. The van der Waals surface area contributed by atoms with Crippen molar-refractivity contribution in [2.45, 2.75) is 6.61 Å². The van der Waals surface area contributed by atoms with Crippen molar-refractivity contribution in [2.75, 3.05) is 5.32 Å². The van der Waals surface area contributed by atoms with Crippen LogP contribution in [0, 0.1) is 0 Å². The molecule has 0 aliphatic rings. The van der Waals surface area contributed by atoms with E-state index in [9.17, 15) is 9.59 Å². The molecule has 1 amide bonds. The van der Waals surface area contributed by atoms with Gasteiger partial charge in [-0.15, -0.1) is 11.3 Å². The van der Waals surface area contributed by atoms with Gasteiger partial charge < -0.3 is 10.1 Å². The van der Waals surface area contributed by atoms with Crippen LogP contribution in [0.4, 0.5) is 5.69 Å². The van der Waals surface area contributed by atoms with Gasteiger partial charge in [-0.1, -0.05) is 29.8 Å². The van der Waals surface area contributed by atoms with Crippen LogP contribution in [0.5, 0.6) is 0 Å². The van der Waals surface area contributed by atoms with Crippen LogP contribution in [0.25, 0.3) is 0 Å². The second-order valence-electron chi connectivity index (χ2n) is 5.03. The molecule has 0 atom stereocenters. The van der Waals surface area contributed by atoms with Gasteiger partial charge in [0.25, 0.3) is 5.91 Å². The number of carbonyl (C=O) groups excluding carboxylic acids is 2. The molecule has 0 aliphatic carbocycles. The summed E-state index contributed by atoms with van der Waals surface area (Å²) in [5, 5.41) is 5.49. The van der Waals surface area contributed by atoms with E-state index in [2.05, 4.69) is 10.3 Å². The number of anilines is 1. The summed E-state index contributed by atoms with van der Waals surface area (Å²) >= 11 is 7.07. The maximum Gasteiger partial charge on any atom is 0.338 e. The van der Waals surface area contributed by atoms with Crippen LogP contribution in [0.15, 0.2) is 60.0 Å². The molecule has 126 valence electrons. The van der Waals surface area contributed by atoms with Gasteiger partial charge in [0.1, 0.15) is 17.3 Å². The fraction of sp³-hybridized carbons (Fsp3) is 0.0556. The van der Waals surface area contributed by atoms with Gasteiger partial charge in [-0.2, -0.15) is 0 Å². The number of thiazole rings is 1. The lowest BCUT2D eigenvalue weighted by atomic mass is 10.2. The third-order valence-corrected chi connectivity index (χ3v) is 4.30. The number of esters is 1. The highest BCUT2D eigenvalue weighted by Crippen LogP contribution is 2.16. The van der Waals surface area contributed by atoms with Crippen LogP contribution in [0.3, 0.4) is 0 Å². The predicted octanol–water partition coefficient (Wildman–Crippen LogP) is 4.41. The van der Waals surface area contributed by atoms with Gasteiger partial charge in [0.15, 0.2) is 0 Å². The van der Waals surface area contributed by atoms with E-state index in [4.69, 9.17) is 16.3 Å². The van der Waals surface area contributed by atoms with E-state index in [1.54, 1.807) is 53.9 Å². The molecule has 3 aromatic rings. The Kier molecular flexibility index (Phi) is 5.42. The van der Waals surface area contributed by atoms with Gasteiger partial charge in [-0.25, -0.2) is 9.78 Å². The van der Waals surface area contributed by atoms with E-state index in [0.717, 1.165) is 0 Å². The molecule has 0 spiro atoms. The van der Waals surface area contributed by atoms with Crippen molar-refractivity contribution in [1.29, 1.82) is 0 Å². The van der Waals surface area contributed by atoms with Crippen LogP contribution in [0.2, 0.25) is 5.02 Å². The molecule has 0 fully saturated rings. The summed E-state index contributed by atoms with van der Waals surface area (Å²) < 4.78 is 5.20. The van der Waals surface area contributed by atoms with Crippen molar-refractivity contribution < 1.29 is 14.3 Å². The molecular formula is C18H13ClN2O3S. The highest BCUT2D eigenvalue weighted by molar-refractivity contribution is 7.09. The summed E-state index contributed by atoms with van der Waals surface area (Å²) in [6, 6.07) is 15.5. The third-order valence-electron chi connectivity index (χ3n) is 3.22. The monoisotopic (exact) mass is 372 g/mol. The molecule has 0 saturated heterocycles. The van der Waals surface area contributed by atoms with Crippen molar-refractivity contribution in [1.82, 2.24) is 4.98 Å². The first-order valence-electron chi connectivity index (χ1n) is 7.35. The molecule has 0 aliphatic heterocycles. The minimum absolute atomic E-state index is 0.0205. The number of amides is 1. The van der Waals surface area contributed by atoms with E-state index < -0.39 is 5.97 Å². The van der Waals surface area contributed by atoms with Crippen LogP contribution >= 0.6 is 22.9 Å². The number of nitrogens with zero attached hydrogens (tertiary/aromatic N) is 1. The van der Waals surface area contributed by atoms with Gasteiger partial charge in [-0.3, -0.25) is 4.79 Å². The van der Waals surface area contributed by atoms with Crippen molar-refractivity contribution >= 4 is 40.5 Å². The molecule has 7 heteroatoms. The van der Waals surface area contributed by atoms with Crippen molar-refractivity contribution in [2.24, 2.45) is 0 Å². The van der Waals surface area contributed by atoms with E-state index in [-0.39, 0.29) is 18.2 Å². The number of ether oxygens (including phenoxy) is 1. The minimum Gasteiger partial charge on any atom is -0.455 e. The Morgan fingerprint density at radius 2 is 1.80 bits per heavy atom. The Balaban J connectivity index is 1.57. The number of rotatable bonds is 5. The van der Waals surface area contributed by atoms with Crippen LogP contribution in [0.1, 0.15) is 25.9 Å². The molecule has 1 N–H and O–H groups in total. The Bertz CT molecular complexity index is 879. The van der Waals surface area contributed by atoms with E-state index in [1.807, 2.05) is 6.07 Å². The first kappa shape index (κ1) is 17.1. The molecule has 5 nitrogen and oxygen atoms in total. The number of nitrogens with one attached hydrogen (secondary N) is 1. The van der Waals surface area contributed by atoms with Gasteiger partial charge in [0.05, 0.1) is 5.56 Å². The Labute approximate surface area is 153 Å². The molecule has 0 bridgehead atoms. The fourth-order valence-electron chi connectivity index (χ4n) is 1.99. The average Bonchev–Trinajstić information content (AvgIpc) is 3.11. The Morgan fingerprint density at radius 3 is 2.52 bits per heavy atom. The summed E-state index contributed by atoms with van der Waals surface area (Å²) in [6.45, 7) is 0.0205. The number of hydrogen-bond acceptors (Lipinski definition) is 5. The number of benzene rings is 2. The number of halogens is 1. The lowest BCUT2D eigenvalue weighted by molar-refractivity contribution is 0.0472. The van der Waals surface area contributed by atoms with Crippen LogP contribution in [-0.2, 0) is 11.3 Å². The van der Waals surface area contributed by atoms with Crippen LogP contribution in [-0.4, -0.2) is 16.9 Å². The number of aromatic nitrogens is 1. The van der Waals surface area contributed by atoms with Crippen molar-refractivity contribution in [3.05, 3.63) is 81.3 Å². The first-order valence-corrected chi connectivity index (χ1v) is 8.61. The zero-order chi connectivity index (χ0) is 17.6. The average molecular weight is 373 g/mol. The molecular weight excluding hydrogens is 360 g/mol. The zero-order valence-electron chi connectivity index (χ0n) is 12.9. The van der Waals surface area contributed by atoms with E-state index >= 15 is 0 Å². The molecule has 0 unspecified atom stereocenters. The predicted molar refractivity (Wildman–Crippen MR) is 97.1 cm³/mol. The normalized spacial score (nSPS) is 10.3. The molecule has 2 aromatic carbocycles. The van der Waals surface area contributed by atoms with Crippen molar-refractivity contribution in [3.63, 3.8) is 0 Å². The lowest BCUT2D eigenvalue weighted by Crippen LogP contribution is -2.12. The molecule has 25 heavy (non-hydrogen) atoms. The van der Waals surface area contributed by atoms with Gasteiger partial charge in [0, 0.05) is 16.1 Å². The minimum atomic E-state index is -0.428. The van der Waals surface area contributed by atoms with Gasteiger partial charge in [0.2, 0.25) is 0 Å². The number of carbonyl (C=O) groups is 2. The standard InChI is InChI=1S/C18H13ClN2O3S/c19-13-6-8-14(9-7-13)20-17(22)15-11-25-16(21-15)10-24-18(23)12-4-2-1-3-5-12/h1-9,11H,10H2,(H,20,22). The summed E-state index contributed by atoms with van der Waals surface area (Å²) in [5.41, 5.74) is 1.37. The topological polar surface area (TPSA) is 68.3 Å². The maximum atomic E-state index is 12.2. The molecule has 0 radical (unpaired) electrons. The first-order chi connectivity index (χ1) is 12.1. The highest BCUT2D eigenvalue weighted by atomic mass is 35.5. The Hall–Kier alpha value is -2.70. The molecule has 1 heterocycles. The largest absolute Gasteiger partial charge is 0.455 e. The molecule has 0 saturated carbocycles. The quantitative estimate of drug-likeness (QED) is 0.674. The third kappa shape index (κ3) is 4.65. The second kappa shape index (κ2) is 7.92. The fourth-order valence-corrected chi connectivity index (χ4v) is 2.81. The smallest absolute Gasteiger partial charge is 0.338 e. The van der Waals surface area contributed by atoms with Gasteiger partial charge in [-0.05, 0) is 36.4 Å². The molecule has 3 rings (SSSR count). The lowest BCUT2D eigenvalue weighted by Gasteiger charge is -2.03. The van der Waals surface area contributed by atoms with E-state index in [1.165, 1.54) is 11.3 Å². The summed E-state index contributed by atoms with van der Waals surface area (Å²) in [5.74, 6) is -0.762. The SMILES string of the molecule is O=C(OCc1nc(C(=O)Nc2ccc(Cl)cc2)cs1)c1ccccc1. The zero-order valence-corrected chi connectivity index (χ0v) is 14.5. The van der Waals surface area contributed by atoms with Gasteiger partial charge >= 0.3 is 5.97 Å². The summed E-state index contributed by atoms with van der Waals surface area (Å²) in [6.07, 6.45) is 0. The van der Waals surface area contributed by atoms with E-state index in [0.29, 0.717) is 21.3 Å². The summed E-state index contributed by atoms with van der Waals surface area (Å²) in [4.78, 5) is 28.2. The van der Waals surface area contributed by atoms with Crippen molar-refractivity contribution in [3.8, 4) is 0 Å². The number of hydrogen-bond donors (Lipinski definition) is 1. The van der Waals surface area contributed by atoms with Crippen LogP contribution < -0.4 is 5.32 Å². The second-order valence-corrected chi connectivity index (χ2v) is 6.41. The highest BCUT2D eigenvalue weighted by Gasteiger charge is 2.13.